The lowest BCUT2D eigenvalue weighted by atomic mass is 9.81. The average Bonchev–Trinajstić information content (AvgIpc) is 3.38. The molecule has 1 aromatic carbocycles. The van der Waals surface area contributed by atoms with Crippen LogP contribution in [0.2, 0.25) is 0 Å². The van der Waals surface area contributed by atoms with E-state index in [-0.39, 0.29) is 17.9 Å². The van der Waals surface area contributed by atoms with E-state index in [1.54, 1.807) is 49.6 Å². The molecule has 1 fully saturated rings. The number of ether oxygens (including phenoxy) is 2. The van der Waals surface area contributed by atoms with E-state index >= 15 is 0 Å². The molecule has 0 aliphatic carbocycles. The molecule has 0 spiro atoms. The van der Waals surface area contributed by atoms with Gasteiger partial charge in [0.2, 0.25) is 5.91 Å². The van der Waals surface area contributed by atoms with Crippen molar-refractivity contribution < 1.29 is 19.1 Å². The second kappa shape index (κ2) is 10.8. The van der Waals surface area contributed by atoms with Gasteiger partial charge in [-0.05, 0) is 74.0 Å². The van der Waals surface area contributed by atoms with Crippen molar-refractivity contribution >= 4 is 23.2 Å². The molecule has 0 saturated carbocycles. The molecule has 0 unspecified atom stereocenters. The van der Waals surface area contributed by atoms with Gasteiger partial charge in [0.15, 0.2) is 11.5 Å². The summed E-state index contributed by atoms with van der Waals surface area (Å²) >= 11 is 1.56. The maximum Gasteiger partial charge on any atom is 0.254 e. The van der Waals surface area contributed by atoms with Crippen LogP contribution in [0.4, 0.5) is 0 Å². The Bertz CT molecular complexity index is 1000. The average molecular weight is 486 g/mol. The van der Waals surface area contributed by atoms with Crippen LogP contribution in [0, 0.1) is 5.92 Å². The van der Waals surface area contributed by atoms with E-state index in [1.807, 2.05) is 17.5 Å². The number of benzene rings is 1. The number of hydrogen-bond donors (Lipinski definition) is 1. The van der Waals surface area contributed by atoms with Crippen LogP contribution in [0.3, 0.4) is 0 Å². The van der Waals surface area contributed by atoms with Crippen molar-refractivity contribution in [3.8, 4) is 11.5 Å². The van der Waals surface area contributed by atoms with E-state index < -0.39 is 5.92 Å². The van der Waals surface area contributed by atoms with Crippen molar-refractivity contribution in [3.63, 3.8) is 0 Å². The third-order valence-corrected chi connectivity index (χ3v) is 8.06. The fourth-order valence-corrected chi connectivity index (χ4v) is 5.96. The predicted molar refractivity (Wildman–Crippen MR) is 134 cm³/mol. The minimum absolute atomic E-state index is 0.0708. The Morgan fingerprint density at radius 3 is 2.53 bits per heavy atom. The van der Waals surface area contributed by atoms with Crippen LogP contribution in [0.1, 0.15) is 58.9 Å². The van der Waals surface area contributed by atoms with Crippen LogP contribution < -0.4 is 14.8 Å². The molecule has 2 aliphatic heterocycles. The molecule has 8 heteroatoms. The number of likely N-dealkylation sites (N-methyl/N-ethyl adjacent to an activating group) is 1. The highest BCUT2D eigenvalue weighted by Crippen LogP contribution is 2.46. The number of nitrogens with zero attached hydrogens (tertiary/aromatic N) is 2. The second-order valence-corrected chi connectivity index (χ2v) is 10.3. The summed E-state index contributed by atoms with van der Waals surface area (Å²) in [4.78, 5) is 32.1. The molecular weight excluding hydrogens is 450 g/mol. The van der Waals surface area contributed by atoms with Gasteiger partial charge in [-0.2, -0.15) is 0 Å². The number of hydrogen-bond acceptors (Lipinski definition) is 6. The Balaban J connectivity index is 1.56. The van der Waals surface area contributed by atoms with Crippen LogP contribution in [0.25, 0.3) is 0 Å². The Morgan fingerprint density at radius 2 is 1.88 bits per heavy atom. The molecule has 2 aromatic rings. The summed E-state index contributed by atoms with van der Waals surface area (Å²) in [5.74, 6) is 1.07. The van der Waals surface area contributed by atoms with Gasteiger partial charge in [-0.15, -0.1) is 11.3 Å². The van der Waals surface area contributed by atoms with E-state index in [1.165, 1.54) is 12.8 Å². The number of carbonyl (C=O) groups excluding carboxylic acids is 2. The zero-order valence-electron chi connectivity index (χ0n) is 20.5. The first-order valence-corrected chi connectivity index (χ1v) is 12.9. The van der Waals surface area contributed by atoms with E-state index in [0.29, 0.717) is 29.2 Å². The van der Waals surface area contributed by atoms with Gasteiger partial charge in [0, 0.05) is 24.0 Å². The topological polar surface area (TPSA) is 71.1 Å². The van der Waals surface area contributed by atoms with Crippen LogP contribution in [0.5, 0.6) is 11.5 Å². The van der Waals surface area contributed by atoms with Gasteiger partial charge < -0.3 is 24.6 Å². The maximum atomic E-state index is 13.6. The number of likely N-dealkylation sites (tertiary alicyclic amines) is 1. The number of fused-ring (bicyclic) bond motifs is 1. The quantitative estimate of drug-likeness (QED) is 0.574. The Kier molecular flexibility index (Phi) is 7.78. The summed E-state index contributed by atoms with van der Waals surface area (Å²) in [6.07, 6.45) is 3.41. The molecule has 7 nitrogen and oxygen atoms in total. The number of piperidine rings is 1. The summed E-state index contributed by atoms with van der Waals surface area (Å²) in [6.45, 7) is 6.20. The Labute approximate surface area is 206 Å². The molecule has 2 aliphatic rings. The molecule has 2 amide bonds. The van der Waals surface area contributed by atoms with Crippen LogP contribution in [-0.2, 0) is 4.79 Å². The second-order valence-electron chi connectivity index (χ2n) is 9.32. The molecule has 0 bridgehead atoms. The third-order valence-electron chi connectivity index (χ3n) is 7.12. The number of amides is 2. The van der Waals surface area contributed by atoms with Gasteiger partial charge in [-0.25, -0.2) is 0 Å². The predicted octanol–water partition coefficient (Wildman–Crippen LogP) is 3.91. The molecule has 4 rings (SSSR count). The number of methoxy groups -OCH3 is 2. The molecular formula is C26H35N3O4S. The Hall–Kier alpha value is -2.58. The first-order valence-electron chi connectivity index (χ1n) is 12.0. The molecule has 1 N–H and O–H groups in total. The van der Waals surface area contributed by atoms with Gasteiger partial charge in [0.25, 0.3) is 5.91 Å². The van der Waals surface area contributed by atoms with Crippen molar-refractivity contribution in [2.24, 2.45) is 5.92 Å². The summed E-state index contributed by atoms with van der Waals surface area (Å²) < 4.78 is 10.9. The molecule has 34 heavy (non-hydrogen) atoms. The van der Waals surface area contributed by atoms with Crippen LogP contribution in [-0.4, -0.2) is 69.1 Å². The highest BCUT2D eigenvalue weighted by Gasteiger charge is 2.44. The van der Waals surface area contributed by atoms with E-state index in [2.05, 4.69) is 17.1 Å². The van der Waals surface area contributed by atoms with E-state index in [4.69, 9.17) is 9.47 Å². The van der Waals surface area contributed by atoms with Crippen molar-refractivity contribution in [1.82, 2.24) is 15.1 Å². The number of nitrogens with one attached hydrogen (secondary N) is 1. The summed E-state index contributed by atoms with van der Waals surface area (Å²) in [5, 5.41) is 5.14. The molecule has 0 radical (unpaired) electrons. The first kappa shape index (κ1) is 24.5. The van der Waals surface area contributed by atoms with E-state index in [0.717, 1.165) is 36.9 Å². The Morgan fingerprint density at radius 1 is 1.18 bits per heavy atom. The lowest BCUT2D eigenvalue weighted by Crippen LogP contribution is -2.45. The standard InChI is InChI=1S/C26H35N3O4S/c1-17-8-12-29(13-9-17)11-6-10-27-25(30)23-18-15-20(32-3)21(33-4)16-19(18)26(31)28(2)24(23)22-7-5-14-34-22/h5,7,14-17,23-24H,6,8-13H2,1-4H3,(H,27,30)/t23-,24-/m1/s1. The summed E-state index contributed by atoms with van der Waals surface area (Å²) in [6, 6.07) is 7.05. The zero-order valence-corrected chi connectivity index (χ0v) is 21.3. The van der Waals surface area contributed by atoms with Gasteiger partial charge >= 0.3 is 0 Å². The minimum atomic E-state index is -0.535. The van der Waals surface area contributed by atoms with Crippen molar-refractivity contribution in [2.75, 3.05) is 47.4 Å². The van der Waals surface area contributed by atoms with Gasteiger partial charge in [0.05, 0.1) is 26.2 Å². The molecule has 2 atom stereocenters. The van der Waals surface area contributed by atoms with Gasteiger partial charge in [-0.1, -0.05) is 13.0 Å². The third kappa shape index (κ3) is 4.93. The molecule has 1 saturated heterocycles. The van der Waals surface area contributed by atoms with Crippen LogP contribution >= 0.6 is 11.3 Å². The molecule has 3 heterocycles. The molecule has 184 valence electrons. The van der Waals surface area contributed by atoms with Gasteiger partial charge in [-0.3, -0.25) is 9.59 Å². The number of rotatable bonds is 8. The fourth-order valence-electron chi connectivity index (χ4n) is 5.06. The molecule has 1 aromatic heterocycles. The summed E-state index contributed by atoms with van der Waals surface area (Å²) in [7, 11) is 4.88. The van der Waals surface area contributed by atoms with E-state index in [9.17, 15) is 9.59 Å². The van der Waals surface area contributed by atoms with Crippen LogP contribution in [0.15, 0.2) is 29.6 Å². The van der Waals surface area contributed by atoms with Crippen molar-refractivity contribution in [1.29, 1.82) is 0 Å². The summed E-state index contributed by atoms with van der Waals surface area (Å²) in [5.41, 5.74) is 1.16. The highest BCUT2D eigenvalue weighted by atomic mass is 32.1. The SMILES string of the molecule is COc1cc2c(cc1OC)[C@@H](C(=O)NCCCN1CCC(C)CC1)[C@@H](c1cccs1)N(C)C2=O. The smallest absolute Gasteiger partial charge is 0.254 e. The zero-order chi connectivity index (χ0) is 24.2. The van der Waals surface area contributed by atoms with Crippen molar-refractivity contribution in [3.05, 3.63) is 45.6 Å². The lowest BCUT2D eigenvalue weighted by molar-refractivity contribution is -0.124. The normalized spacial score (nSPS) is 21.3. The van der Waals surface area contributed by atoms with Gasteiger partial charge in [0.1, 0.15) is 0 Å². The maximum absolute atomic E-state index is 13.6. The largest absolute Gasteiger partial charge is 0.493 e. The first-order chi connectivity index (χ1) is 16.4. The number of carbonyl (C=O) groups is 2. The monoisotopic (exact) mass is 485 g/mol. The number of thiophene rings is 1. The minimum Gasteiger partial charge on any atom is -0.493 e. The fraction of sp³-hybridized carbons (Fsp3) is 0.538. The highest BCUT2D eigenvalue weighted by molar-refractivity contribution is 7.10. The lowest BCUT2D eigenvalue weighted by Gasteiger charge is -2.39. The van der Waals surface area contributed by atoms with Crippen molar-refractivity contribution in [2.45, 2.75) is 38.1 Å².